The lowest BCUT2D eigenvalue weighted by atomic mass is 10.1. The van der Waals surface area contributed by atoms with E-state index in [9.17, 15) is 9.59 Å². The van der Waals surface area contributed by atoms with Crippen LogP contribution < -0.4 is 5.32 Å². The van der Waals surface area contributed by atoms with E-state index in [-0.39, 0.29) is 17.6 Å². The van der Waals surface area contributed by atoms with Gasteiger partial charge < -0.3 is 5.32 Å². The van der Waals surface area contributed by atoms with E-state index in [1.54, 1.807) is 6.07 Å². The number of rotatable bonds is 6. The number of hydrogen-bond acceptors (Lipinski definition) is 5. The van der Waals surface area contributed by atoms with Gasteiger partial charge in [0.1, 0.15) is 0 Å². The van der Waals surface area contributed by atoms with Crippen LogP contribution in [0.2, 0.25) is 0 Å². The van der Waals surface area contributed by atoms with E-state index in [0.29, 0.717) is 16.5 Å². The van der Waals surface area contributed by atoms with Crippen molar-refractivity contribution in [3.63, 3.8) is 0 Å². The fraction of sp³-hybridized carbons (Fsp3) is 0.120. The third kappa shape index (κ3) is 4.95. The zero-order chi connectivity index (χ0) is 22.5. The van der Waals surface area contributed by atoms with Gasteiger partial charge in [0.25, 0.3) is 5.91 Å². The third-order valence-corrected chi connectivity index (χ3v) is 5.77. The van der Waals surface area contributed by atoms with Gasteiger partial charge in [-0.3, -0.25) is 9.59 Å². The summed E-state index contributed by atoms with van der Waals surface area (Å²) in [5.74, 6) is 0.0770. The summed E-state index contributed by atoms with van der Waals surface area (Å²) in [7, 11) is 0. The highest BCUT2D eigenvalue weighted by Gasteiger charge is 2.21. The first-order chi connectivity index (χ1) is 15.5. The number of benzene rings is 3. The minimum absolute atomic E-state index is 0.0991. The van der Waals surface area contributed by atoms with Crippen LogP contribution in [-0.2, 0) is 4.79 Å². The summed E-state index contributed by atoms with van der Waals surface area (Å²) in [6.07, 6.45) is 0. The highest BCUT2D eigenvalue weighted by molar-refractivity contribution is 7.99. The predicted octanol–water partition coefficient (Wildman–Crippen LogP) is 4.98. The van der Waals surface area contributed by atoms with E-state index in [2.05, 4.69) is 15.4 Å². The predicted molar refractivity (Wildman–Crippen MR) is 127 cm³/mol. The Bertz CT molecular complexity index is 1250. The van der Waals surface area contributed by atoms with Crippen LogP contribution in [0, 0.1) is 13.8 Å². The Kier molecular flexibility index (Phi) is 6.47. The minimum Gasteiger partial charge on any atom is -0.325 e. The quantitative estimate of drug-likeness (QED) is 0.426. The summed E-state index contributed by atoms with van der Waals surface area (Å²) in [6, 6.07) is 24.4. The average Bonchev–Trinajstić information content (AvgIpc) is 3.24. The molecule has 1 N–H and O–H groups in total. The molecule has 0 fully saturated rings. The van der Waals surface area contributed by atoms with Gasteiger partial charge in [0.15, 0.2) is 11.0 Å². The molecule has 0 saturated carbocycles. The zero-order valence-electron chi connectivity index (χ0n) is 17.8. The number of carbonyl (C=O) groups is 2. The molecule has 0 radical (unpaired) electrons. The van der Waals surface area contributed by atoms with Gasteiger partial charge in [-0.1, -0.05) is 78.0 Å². The van der Waals surface area contributed by atoms with Crippen molar-refractivity contribution in [2.75, 3.05) is 11.1 Å². The zero-order valence-corrected chi connectivity index (χ0v) is 18.6. The summed E-state index contributed by atoms with van der Waals surface area (Å²) in [4.78, 5) is 30.3. The second kappa shape index (κ2) is 9.62. The van der Waals surface area contributed by atoms with Gasteiger partial charge in [-0.05, 0) is 37.6 Å². The Morgan fingerprint density at radius 1 is 0.906 bits per heavy atom. The van der Waals surface area contributed by atoms with Gasteiger partial charge >= 0.3 is 0 Å². The lowest BCUT2D eigenvalue weighted by Crippen LogP contribution is -2.18. The van der Waals surface area contributed by atoms with Crippen molar-refractivity contribution in [3.8, 4) is 11.4 Å². The molecule has 0 aliphatic carbocycles. The number of nitrogens with zero attached hydrogens (tertiary/aromatic N) is 3. The number of aryl methyl sites for hydroxylation is 2. The molecule has 3 aromatic carbocycles. The molecule has 0 spiro atoms. The van der Waals surface area contributed by atoms with E-state index in [1.807, 2.05) is 86.6 Å². The number of anilines is 1. The maximum Gasteiger partial charge on any atom is 0.280 e. The summed E-state index contributed by atoms with van der Waals surface area (Å²) in [5, 5.41) is 7.71. The summed E-state index contributed by atoms with van der Waals surface area (Å²) >= 11 is 1.18. The summed E-state index contributed by atoms with van der Waals surface area (Å²) in [6.45, 7) is 3.87. The van der Waals surface area contributed by atoms with Crippen LogP contribution in [0.5, 0.6) is 0 Å². The summed E-state index contributed by atoms with van der Waals surface area (Å²) < 4.78 is 1.29. The summed E-state index contributed by atoms with van der Waals surface area (Å²) in [5.41, 5.74) is 4.04. The molecule has 1 aromatic heterocycles. The second-order valence-corrected chi connectivity index (χ2v) is 8.26. The first kappa shape index (κ1) is 21.5. The fourth-order valence-corrected chi connectivity index (χ4v) is 3.85. The van der Waals surface area contributed by atoms with Crippen molar-refractivity contribution >= 4 is 29.3 Å². The van der Waals surface area contributed by atoms with Gasteiger partial charge in [0.05, 0.1) is 5.75 Å². The van der Waals surface area contributed by atoms with Crippen molar-refractivity contribution < 1.29 is 9.59 Å². The molecule has 7 heteroatoms. The third-order valence-electron chi connectivity index (χ3n) is 4.84. The van der Waals surface area contributed by atoms with Crippen molar-refractivity contribution in [1.29, 1.82) is 0 Å². The van der Waals surface area contributed by atoms with Crippen LogP contribution in [0.1, 0.15) is 21.5 Å². The van der Waals surface area contributed by atoms with Crippen LogP contribution in [0.25, 0.3) is 11.4 Å². The molecule has 6 nitrogen and oxygen atoms in total. The maximum atomic E-state index is 13.2. The molecule has 1 heterocycles. The standard InChI is InChI=1S/C25H22N4O2S/c1-17-12-14-20(15-13-17)26-22(30)16-32-25-27-23(19-9-4-3-5-10-19)28-29(25)24(31)21-11-7-6-8-18(21)2/h3-15H,16H2,1-2H3,(H,26,30). The molecule has 0 bridgehead atoms. The molecular weight excluding hydrogens is 420 g/mol. The first-order valence-corrected chi connectivity index (χ1v) is 11.1. The van der Waals surface area contributed by atoms with Gasteiger partial charge in [-0.15, -0.1) is 5.10 Å². The molecule has 32 heavy (non-hydrogen) atoms. The second-order valence-electron chi connectivity index (χ2n) is 7.32. The molecule has 1 amide bonds. The van der Waals surface area contributed by atoms with Gasteiger partial charge in [0, 0.05) is 16.8 Å². The van der Waals surface area contributed by atoms with E-state index < -0.39 is 0 Å². The number of carbonyl (C=O) groups excluding carboxylic acids is 2. The Balaban J connectivity index is 1.59. The molecule has 0 saturated heterocycles. The lowest BCUT2D eigenvalue weighted by Gasteiger charge is -2.07. The van der Waals surface area contributed by atoms with Gasteiger partial charge in [-0.2, -0.15) is 4.68 Å². The van der Waals surface area contributed by atoms with Crippen LogP contribution >= 0.6 is 11.8 Å². The van der Waals surface area contributed by atoms with Crippen LogP contribution in [-0.4, -0.2) is 32.3 Å². The molecule has 4 aromatic rings. The fourth-order valence-electron chi connectivity index (χ4n) is 3.12. The first-order valence-electron chi connectivity index (χ1n) is 10.1. The molecule has 0 aliphatic rings. The normalized spacial score (nSPS) is 10.7. The number of nitrogens with one attached hydrogen (secondary N) is 1. The smallest absolute Gasteiger partial charge is 0.280 e. The molecule has 0 atom stereocenters. The molecule has 4 rings (SSSR count). The number of amides is 1. The van der Waals surface area contributed by atoms with Crippen molar-refractivity contribution in [2.24, 2.45) is 0 Å². The van der Waals surface area contributed by atoms with Crippen molar-refractivity contribution in [1.82, 2.24) is 14.8 Å². The van der Waals surface area contributed by atoms with Crippen LogP contribution in [0.3, 0.4) is 0 Å². The molecule has 0 unspecified atom stereocenters. The number of aromatic nitrogens is 3. The highest BCUT2D eigenvalue weighted by Crippen LogP contribution is 2.23. The maximum absolute atomic E-state index is 13.2. The topological polar surface area (TPSA) is 76.9 Å². The van der Waals surface area contributed by atoms with Crippen molar-refractivity contribution in [3.05, 3.63) is 95.6 Å². The Morgan fingerprint density at radius 3 is 2.31 bits per heavy atom. The highest BCUT2D eigenvalue weighted by atomic mass is 32.2. The van der Waals surface area contributed by atoms with E-state index in [1.165, 1.54) is 16.4 Å². The Hall–Kier alpha value is -3.71. The van der Waals surface area contributed by atoms with E-state index >= 15 is 0 Å². The molecule has 160 valence electrons. The largest absolute Gasteiger partial charge is 0.325 e. The van der Waals surface area contributed by atoms with Gasteiger partial charge in [0.2, 0.25) is 5.91 Å². The van der Waals surface area contributed by atoms with Gasteiger partial charge in [-0.25, -0.2) is 4.98 Å². The monoisotopic (exact) mass is 442 g/mol. The van der Waals surface area contributed by atoms with E-state index in [0.717, 1.165) is 22.4 Å². The molecule has 0 aliphatic heterocycles. The van der Waals surface area contributed by atoms with Crippen molar-refractivity contribution in [2.45, 2.75) is 19.0 Å². The minimum atomic E-state index is -0.278. The number of thioether (sulfide) groups is 1. The van der Waals surface area contributed by atoms with Crippen LogP contribution in [0.4, 0.5) is 5.69 Å². The lowest BCUT2D eigenvalue weighted by molar-refractivity contribution is -0.113. The average molecular weight is 443 g/mol. The SMILES string of the molecule is Cc1ccc(NC(=O)CSc2nc(-c3ccccc3)nn2C(=O)c2ccccc2C)cc1. The van der Waals surface area contributed by atoms with Crippen LogP contribution in [0.15, 0.2) is 84.0 Å². The Morgan fingerprint density at radius 2 is 1.59 bits per heavy atom. The number of hydrogen-bond donors (Lipinski definition) is 1. The van der Waals surface area contributed by atoms with E-state index in [4.69, 9.17) is 0 Å². The Labute approximate surface area is 190 Å². The molecular formula is C25H22N4O2S.